The molecular formula is C13H15N3O2. The topological polar surface area (TPSA) is 79.3 Å². The number of carbonyl (C=O) groups excluding carboxylic acids is 1. The number of benzene rings is 1. The quantitative estimate of drug-likeness (QED) is 0.747. The van der Waals surface area contributed by atoms with Crippen LogP contribution in [0.5, 0.6) is 0 Å². The summed E-state index contributed by atoms with van der Waals surface area (Å²) in [4.78, 5) is 13.9. The molecule has 1 fully saturated rings. The largest absolute Gasteiger partial charge is 0.398 e. The van der Waals surface area contributed by atoms with Gasteiger partial charge in [-0.2, -0.15) is 5.26 Å². The lowest BCUT2D eigenvalue weighted by Crippen LogP contribution is -2.45. The van der Waals surface area contributed by atoms with E-state index in [1.807, 2.05) is 19.1 Å². The van der Waals surface area contributed by atoms with Crippen molar-refractivity contribution in [2.45, 2.75) is 13.0 Å². The van der Waals surface area contributed by atoms with Gasteiger partial charge in [-0.1, -0.05) is 6.07 Å². The van der Waals surface area contributed by atoms with Gasteiger partial charge in [-0.15, -0.1) is 0 Å². The Morgan fingerprint density at radius 1 is 1.61 bits per heavy atom. The Morgan fingerprint density at radius 2 is 2.39 bits per heavy atom. The number of ether oxygens (including phenoxy) is 1. The van der Waals surface area contributed by atoms with Gasteiger partial charge in [-0.25, -0.2) is 0 Å². The molecule has 18 heavy (non-hydrogen) atoms. The minimum absolute atomic E-state index is 0.106. The molecule has 1 saturated heterocycles. The first kappa shape index (κ1) is 12.4. The Labute approximate surface area is 106 Å². The van der Waals surface area contributed by atoms with Crippen molar-refractivity contribution in [2.24, 2.45) is 0 Å². The molecular weight excluding hydrogens is 230 g/mol. The minimum Gasteiger partial charge on any atom is -0.398 e. The maximum Gasteiger partial charge on any atom is 0.254 e. The average molecular weight is 245 g/mol. The zero-order valence-electron chi connectivity index (χ0n) is 10.2. The fraction of sp³-hybridized carbons (Fsp3) is 0.385. The molecule has 0 radical (unpaired) electrons. The highest BCUT2D eigenvalue weighted by Crippen LogP contribution is 2.16. The van der Waals surface area contributed by atoms with Crippen LogP contribution in [0.4, 0.5) is 5.69 Å². The number of amides is 1. The van der Waals surface area contributed by atoms with Crippen LogP contribution in [0.1, 0.15) is 15.9 Å². The zero-order chi connectivity index (χ0) is 13.1. The van der Waals surface area contributed by atoms with Crippen LogP contribution >= 0.6 is 0 Å². The van der Waals surface area contributed by atoms with Gasteiger partial charge in [0.1, 0.15) is 0 Å². The molecule has 2 rings (SSSR count). The Hall–Kier alpha value is -2.06. The molecule has 0 spiro atoms. The van der Waals surface area contributed by atoms with Crippen molar-refractivity contribution in [2.75, 3.05) is 25.4 Å². The predicted molar refractivity (Wildman–Crippen MR) is 66.8 cm³/mol. The van der Waals surface area contributed by atoms with E-state index in [1.54, 1.807) is 17.0 Å². The molecule has 1 heterocycles. The Kier molecular flexibility index (Phi) is 3.49. The second-order valence-corrected chi connectivity index (χ2v) is 4.31. The van der Waals surface area contributed by atoms with Crippen molar-refractivity contribution in [1.82, 2.24) is 4.90 Å². The van der Waals surface area contributed by atoms with Crippen molar-refractivity contribution in [3.05, 3.63) is 29.3 Å². The number of nitrogens with two attached hydrogens (primary N) is 1. The summed E-state index contributed by atoms with van der Waals surface area (Å²) in [5.41, 5.74) is 7.90. The van der Waals surface area contributed by atoms with E-state index in [4.69, 9.17) is 15.7 Å². The third-order valence-electron chi connectivity index (χ3n) is 3.02. The third-order valence-corrected chi connectivity index (χ3v) is 3.02. The highest BCUT2D eigenvalue weighted by atomic mass is 16.5. The van der Waals surface area contributed by atoms with Crippen molar-refractivity contribution in [1.29, 1.82) is 5.26 Å². The number of carbonyl (C=O) groups is 1. The maximum absolute atomic E-state index is 12.2. The Bertz CT molecular complexity index is 507. The molecule has 0 bridgehead atoms. The van der Waals surface area contributed by atoms with E-state index >= 15 is 0 Å². The number of rotatable bonds is 1. The molecule has 5 nitrogen and oxygen atoms in total. The van der Waals surface area contributed by atoms with Gasteiger partial charge >= 0.3 is 0 Å². The fourth-order valence-electron chi connectivity index (χ4n) is 1.87. The number of nitrogen functional groups attached to an aromatic ring is 1. The molecule has 1 unspecified atom stereocenters. The predicted octanol–water partition coefficient (Wildman–Crippen LogP) is 0.942. The van der Waals surface area contributed by atoms with Crippen LogP contribution in [0, 0.1) is 18.3 Å². The van der Waals surface area contributed by atoms with Gasteiger partial charge in [0.05, 0.1) is 19.2 Å². The number of nitrogens with zero attached hydrogens (tertiary/aromatic N) is 2. The SMILES string of the molecule is Cc1ccc(C(=O)N2CCOC(C#N)C2)cc1N. The molecule has 1 aromatic rings. The van der Waals surface area contributed by atoms with Gasteiger partial charge in [-0.3, -0.25) is 4.79 Å². The summed E-state index contributed by atoms with van der Waals surface area (Å²) in [5.74, 6) is -0.106. The molecule has 1 aliphatic heterocycles. The van der Waals surface area contributed by atoms with Gasteiger partial charge in [0, 0.05) is 17.8 Å². The van der Waals surface area contributed by atoms with E-state index < -0.39 is 6.10 Å². The summed E-state index contributed by atoms with van der Waals surface area (Å²) >= 11 is 0. The fourth-order valence-corrected chi connectivity index (χ4v) is 1.87. The van der Waals surface area contributed by atoms with Crippen molar-refractivity contribution in [3.8, 4) is 6.07 Å². The smallest absolute Gasteiger partial charge is 0.254 e. The van der Waals surface area contributed by atoms with Gasteiger partial charge in [0.15, 0.2) is 6.10 Å². The number of morpholine rings is 1. The first-order valence-corrected chi connectivity index (χ1v) is 5.78. The van der Waals surface area contributed by atoms with Gasteiger partial charge < -0.3 is 15.4 Å². The first-order chi connectivity index (χ1) is 8.61. The summed E-state index contributed by atoms with van der Waals surface area (Å²) in [5, 5.41) is 8.81. The van der Waals surface area contributed by atoms with Crippen LogP contribution in [-0.4, -0.2) is 36.6 Å². The van der Waals surface area contributed by atoms with Crippen LogP contribution in [-0.2, 0) is 4.74 Å². The van der Waals surface area contributed by atoms with Crippen LogP contribution in [0.2, 0.25) is 0 Å². The van der Waals surface area contributed by atoms with Crippen LogP contribution < -0.4 is 5.73 Å². The van der Waals surface area contributed by atoms with Crippen molar-refractivity contribution < 1.29 is 9.53 Å². The molecule has 2 N–H and O–H groups in total. The van der Waals surface area contributed by atoms with E-state index in [2.05, 4.69) is 0 Å². The van der Waals surface area contributed by atoms with Crippen molar-refractivity contribution in [3.63, 3.8) is 0 Å². The molecule has 94 valence electrons. The number of hydrogen-bond acceptors (Lipinski definition) is 4. The van der Waals surface area contributed by atoms with Gasteiger partial charge in [0.25, 0.3) is 5.91 Å². The molecule has 1 aliphatic rings. The normalized spacial score (nSPS) is 19.3. The van der Waals surface area contributed by atoms with Gasteiger partial charge in [0.2, 0.25) is 0 Å². The van der Waals surface area contributed by atoms with Crippen LogP contribution in [0.15, 0.2) is 18.2 Å². The van der Waals surface area contributed by atoms with E-state index in [0.717, 1.165) is 5.56 Å². The molecule has 1 atom stereocenters. The molecule has 1 amide bonds. The van der Waals surface area contributed by atoms with Crippen LogP contribution in [0.3, 0.4) is 0 Å². The second-order valence-electron chi connectivity index (χ2n) is 4.31. The van der Waals surface area contributed by atoms with E-state index in [-0.39, 0.29) is 5.91 Å². The van der Waals surface area contributed by atoms with E-state index in [0.29, 0.717) is 30.9 Å². The zero-order valence-corrected chi connectivity index (χ0v) is 10.2. The molecule has 5 heteroatoms. The van der Waals surface area contributed by atoms with Crippen molar-refractivity contribution >= 4 is 11.6 Å². The Balaban J connectivity index is 2.15. The summed E-state index contributed by atoms with van der Waals surface area (Å²) < 4.78 is 5.21. The third kappa shape index (κ3) is 2.44. The standard InChI is InChI=1S/C13H15N3O2/c1-9-2-3-10(6-12(9)15)13(17)16-4-5-18-11(7-14)8-16/h2-3,6,11H,4-5,8,15H2,1H3. The van der Waals surface area contributed by atoms with Gasteiger partial charge in [-0.05, 0) is 24.6 Å². The summed E-state index contributed by atoms with van der Waals surface area (Å²) in [7, 11) is 0. The monoisotopic (exact) mass is 245 g/mol. The van der Waals surface area contributed by atoms with E-state index in [1.165, 1.54) is 0 Å². The highest BCUT2D eigenvalue weighted by molar-refractivity contribution is 5.95. The number of nitriles is 1. The molecule has 1 aromatic carbocycles. The molecule has 0 saturated carbocycles. The highest BCUT2D eigenvalue weighted by Gasteiger charge is 2.24. The lowest BCUT2D eigenvalue weighted by molar-refractivity contribution is 0.00347. The number of anilines is 1. The second kappa shape index (κ2) is 5.07. The lowest BCUT2D eigenvalue weighted by atomic mass is 10.1. The van der Waals surface area contributed by atoms with E-state index in [9.17, 15) is 4.79 Å². The number of hydrogen-bond donors (Lipinski definition) is 1. The minimum atomic E-state index is -0.537. The average Bonchev–Trinajstić information content (AvgIpc) is 2.41. The Morgan fingerprint density at radius 3 is 3.06 bits per heavy atom. The summed E-state index contributed by atoms with van der Waals surface area (Å²) in [6.45, 7) is 3.10. The summed E-state index contributed by atoms with van der Waals surface area (Å²) in [6, 6.07) is 7.27. The molecule has 0 aromatic heterocycles. The lowest BCUT2D eigenvalue weighted by Gasteiger charge is -2.29. The number of aryl methyl sites for hydroxylation is 1. The summed E-state index contributed by atoms with van der Waals surface area (Å²) in [6.07, 6.45) is -0.537. The molecule has 0 aliphatic carbocycles. The van der Waals surface area contributed by atoms with Crippen LogP contribution in [0.25, 0.3) is 0 Å². The maximum atomic E-state index is 12.2. The first-order valence-electron chi connectivity index (χ1n) is 5.78.